The van der Waals surface area contributed by atoms with Gasteiger partial charge in [-0.25, -0.2) is 0 Å². The first-order chi connectivity index (χ1) is 8.82. The Morgan fingerprint density at radius 3 is 1.53 bits per heavy atom. The van der Waals surface area contributed by atoms with Gasteiger partial charge < -0.3 is 0 Å². The summed E-state index contributed by atoms with van der Waals surface area (Å²) in [7, 11) is -4.08. The van der Waals surface area contributed by atoms with Gasteiger partial charge in [-0.1, -0.05) is 17.7 Å². The highest BCUT2D eigenvalue weighted by Crippen LogP contribution is 2.20. The van der Waals surface area contributed by atoms with E-state index in [-0.39, 0.29) is 4.90 Å². The standard InChI is InChI=1S/C9H12O3S.C4H4N2/c1-6-4-7(2)9(8(3)5-6)13(10,11)12;1-2-6-4-3-5-1/h4-5H,1-3H3,(H,10,11,12);1-4H. The van der Waals surface area contributed by atoms with Gasteiger partial charge in [-0.3, -0.25) is 14.5 Å². The third-order valence-corrected chi connectivity index (χ3v) is 3.50. The number of nitrogens with zero attached hydrogens (tertiary/aromatic N) is 2. The predicted octanol–water partition coefficient (Wildman–Crippen LogP) is 2.34. The molecule has 0 aliphatic carbocycles. The lowest BCUT2D eigenvalue weighted by atomic mass is 10.1. The molecule has 0 aliphatic heterocycles. The van der Waals surface area contributed by atoms with Gasteiger partial charge in [0.15, 0.2) is 0 Å². The number of hydrogen-bond acceptors (Lipinski definition) is 4. The summed E-state index contributed by atoms with van der Waals surface area (Å²) in [4.78, 5) is 7.47. The number of aromatic nitrogens is 2. The fraction of sp³-hybridized carbons (Fsp3) is 0.231. The van der Waals surface area contributed by atoms with Gasteiger partial charge in [0.2, 0.25) is 0 Å². The van der Waals surface area contributed by atoms with Gasteiger partial charge in [-0.05, 0) is 31.9 Å². The minimum atomic E-state index is -4.08. The van der Waals surface area contributed by atoms with E-state index >= 15 is 0 Å². The largest absolute Gasteiger partial charge is 0.295 e. The molecule has 2 aromatic rings. The lowest BCUT2D eigenvalue weighted by molar-refractivity contribution is 0.482. The van der Waals surface area contributed by atoms with Gasteiger partial charge in [0.25, 0.3) is 10.1 Å². The Morgan fingerprint density at radius 1 is 0.895 bits per heavy atom. The average molecular weight is 280 g/mol. The smallest absolute Gasteiger partial charge is 0.282 e. The Kier molecular flexibility index (Phi) is 5.14. The molecule has 0 radical (unpaired) electrons. The van der Waals surface area contributed by atoms with Crippen LogP contribution in [0.2, 0.25) is 0 Å². The summed E-state index contributed by atoms with van der Waals surface area (Å²) in [5.74, 6) is 0. The van der Waals surface area contributed by atoms with Crippen molar-refractivity contribution < 1.29 is 13.0 Å². The van der Waals surface area contributed by atoms with Crippen molar-refractivity contribution in [1.82, 2.24) is 9.97 Å². The predicted molar refractivity (Wildman–Crippen MR) is 72.5 cm³/mol. The van der Waals surface area contributed by atoms with E-state index in [0.717, 1.165) is 5.56 Å². The highest BCUT2D eigenvalue weighted by molar-refractivity contribution is 7.86. The van der Waals surface area contributed by atoms with Crippen molar-refractivity contribution in [3.8, 4) is 0 Å². The first kappa shape index (κ1) is 15.3. The summed E-state index contributed by atoms with van der Waals surface area (Å²) in [6, 6.07) is 3.46. The fourth-order valence-electron chi connectivity index (χ4n) is 1.83. The molecule has 1 aromatic carbocycles. The maximum absolute atomic E-state index is 10.9. The number of aryl methyl sites for hydroxylation is 3. The maximum Gasteiger partial charge on any atom is 0.295 e. The molecule has 1 aromatic heterocycles. The summed E-state index contributed by atoms with van der Waals surface area (Å²) in [5.41, 5.74) is 2.16. The Morgan fingerprint density at radius 2 is 1.26 bits per heavy atom. The third-order valence-electron chi connectivity index (χ3n) is 2.34. The zero-order chi connectivity index (χ0) is 14.5. The van der Waals surface area contributed by atoms with Crippen molar-refractivity contribution in [2.45, 2.75) is 25.7 Å². The fourth-order valence-corrected chi connectivity index (χ4v) is 2.76. The average Bonchev–Trinajstić information content (AvgIpc) is 2.28. The minimum Gasteiger partial charge on any atom is -0.282 e. The lowest BCUT2D eigenvalue weighted by Gasteiger charge is -2.07. The van der Waals surface area contributed by atoms with Gasteiger partial charge in [0.05, 0.1) is 4.90 Å². The Labute approximate surface area is 113 Å². The normalized spacial score (nSPS) is 10.5. The SMILES string of the molecule is Cc1cc(C)c(S(=O)(=O)O)c(C)c1.c1cnccn1. The second-order valence-electron chi connectivity index (χ2n) is 4.10. The second kappa shape index (κ2) is 6.40. The van der Waals surface area contributed by atoms with E-state index in [4.69, 9.17) is 4.55 Å². The van der Waals surface area contributed by atoms with Crippen LogP contribution in [0.3, 0.4) is 0 Å². The van der Waals surface area contributed by atoms with E-state index in [1.165, 1.54) is 0 Å². The van der Waals surface area contributed by atoms with Gasteiger partial charge in [-0.15, -0.1) is 0 Å². The molecule has 5 nitrogen and oxygen atoms in total. The van der Waals surface area contributed by atoms with Crippen molar-refractivity contribution in [2.24, 2.45) is 0 Å². The van der Waals surface area contributed by atoms with Crippen LogP contribution in [0.15, 0.2) is 41.8 Å². The van der Waals surface area contributed by atoms with Crippen molar-refractivity contribution in [3.63, 3.8) is 0 Å². The Bertz CT molecular complexity index is 590. The van der Waals surface area contributed by atoms with Crippen molar-refractivity contribution in [2.75, 3.05) is 0 Å². The molecular weight excluding hydrogens is 264 g/mol. The highest BCUT2D eigenvalue weighted by Gasteiger charge is 2.15. The molecule has 0 aliphatic rings. The molecule has 0 spiro atoms. The molecule has 0 fully saturated rings. The Balaban J connectivity index is 0.000000250. The second-order valence-corrected chi connectivity index (χ2v) is 5.46. The lowest BCUT2D eigenvalue weighted by Crippen LogP contribution is -2.04. The molecule has 0 atom stereocenters. The van der Waals surface area contributed by atoms with Gasteiger partial charge >= 0.3 is 0 Å². The molecule has 0 amide bonds. The van der Waals surface area contributed by atoms with Crippen molar-refractivity contribution in [3.05, 3.63) is 53.6 Å². The molecule has 19 heavy (non-hydrogen) atoms. The molecule has 1 heterocycles. The van der Waals surface area contributed by atoms with Crippen LogP contribution in [0.5, 0.6) is 0 Å². The van der Waals surface area contributed by atoms with E-state index in [0.29, 0.717) is 11.1 Å². The van der Waals surface area contributed by atoms with Crippen LogP contribution in [-0.2, 0) is 10.1 Å². The number of rotatable bonds is 1. The number of hydrogen-bond donors (Lipinski definition) is 1. The van der Waals surface area contributed by atoms with Crippen LogP contribution < -0.4 is 0 Å². The van der Waals surface area contributed by atoms with Crippen LogP contribution in [0, 0.1) is 20.8 Å². The van der Waals surface area contributed by atoms with E-state index in [9.17, 15) is 8.42 Å². The Hall–Kier alpha value is -1.79. The third kappa shape index (κ3) is 4.76. The molecule has 0 bridgehead atoms. The van der Waals surface area contributed by atoms with Crippen LogP contribution in [0.4, 0.5) is 0 Å². The van der Waals surface area contributed by atoms with Crippen LogP contribution >= 0.6 is 0 Å². The highest BCUT2D eigenvalue weighted by atomic mass is 32.2. The molecule has 1 N–H and O–H groups in total. The maximum atomic E-state index is 10.9. The van der Waals surface area contributed by atoms with E-state index in [1.54, 1.807) is 50.8 Å². The van der Waals surface area contributed by atoms with Crippen LogP contribution in [0.25, 0.3) is 0 Å². The monoisotopic (exact) mass is 280 g/mol. The minimum absolute atomic E-state index is 0.0260. The molecule has 6 heteroatoms. The van der Waals surface area contributed by atoms with Gasteiger partial charge in [-0.2, -0.15) is 8.42 Å². The summed E-state index contributed by atoms with van der Waals surface area (Å²) in [6.07, 6.45) is 6.56. The van der Waals surface area contributed by atoms with Crippen LogP contribution in [0.1, 0.15) is 16.7 Å². The van der Waals surface area contributed by atoms with Gasteiger partial charge in [0, 0.05) is 24.8 Å². The van der Waals surface area contributed by atoms with E-state index in [2.05, 4.69) is 9.97 Å². The quantitative estimate of drug-likeness (QED) is 0.811. The zero-order valence-electron chi connectivity index (χ0n) is 11.0. The molecule has 102 valence electrons. The van der Waals surface area contributed by atoms with Crippen molar-refractivity contribution in [1.29, 1.82) is 0 Å². The summed E-state index contributed by atoms with van der Waals surface area (Å²) < 4.78 is 30.8. The van der Waals surface area contributed by atoms with Crippen molar-refractivity contribution >= 4 is 10.1 Å². The topological polar surface area (TPSA) is 80.2 Å². The van der Waals surface area contributed by atoms with E-state index in [1.807, 2.05) is 6.92 Å². The van der Waals surface area contributed by atoms with E-state index < -0.39 is 10.1 Å². The molecule has 0 unspecified atom stereocenters. The molecule has 2 rings (SSSR count). The molecule has 0 saturated carbocycles. The summed E-state index contributed by atoms with van der Waals surface area (Å²) in [5, 5.41) is 0. The van der Waals surface area contributed by atoms with Crippen LogP contribution in [-0.4, -0.2) is 22.9 Å². The first-order valence-corrected chi connectivity index (χ1v) is 7.01. The first-order valence-electron chi connectivity index (χ1n) is 5.57. The molecular formula is C13H16N2O3S. The summed E-state index contributed by atoms with van der Waals surface area (Å²) >= 11 is 0. The number of benzene rings is 1. The van der Waals surface area contributed by atoms with Gasteiger partial charge in [0.1, 0.15) is 0 Å². The zero-order valence-corrected chi connectivity index (χ0v) is 11.8. The molecule has 0 saturated heterocycles. The summed E-state index contributed by atoms with van der Waals surface area (Å²) in [6.45, 7) is 5.22.